The fourth-order valence-electron chi connectivity index (χ4n) is 2.75. The highest BCUT2D eigenvalue weighted by molar-refractivity contribution is 7.16. The van der Waals surface area contributed by atoms with E-state index in [1.165, 1.54) is 16.2 Å². The van der Waals surface area contributed by atoms with Crippen LogP contribution < -0.4 is 5.32 Å². The maximum atomic E-state index is 12.4. The number of benzene rings is 1. The van der Waals surface area contributed by atoms with E-state index in [1.807, 2.05) is 13.0 Å². The molecule has 0 radical (unpaired) electrons. The quantitative estimate of drug-likeness (QED) is 0.866. The van der Waals surface area contributed by atoms with Gasteiger partial charge in [0.2, 0.25) is 0 Å². The lowest BCUT2D eigenvalue weighted by Gasteiger charge is -2.09. The van der Waals surface area contributed by atoms with Crippen LogP contribution in [0.4, 0.5) is 5.00 Å². The summed E-state index contributed by atoms with van der Waals surface area (Å²) in [6, 6.07) is 7.58. The molecule has 1 aromatic heterocycles. The number of nitrogens with zero attached hydrogens (tertiary/aromatic N) is 1. The Labute approximate surface area is 138 Å². The number of carbonyl (C=O) groups excluding carboxylic acids is 1. The third-order valence-electron chi connectivity index (χ3n) is 3.88. The summed E-state index contributed by atoms with van der Waals surface area (Å²) in [6.45, 7) is 1.93. The number of nitrogens with one attached hydrogen (secondary N) is 1. The van der Waals surface area contributed by atoms with Crippen molar-refractivity contribution in [3.05, 3.63) is 50.4 Å². The lowest BCUT2D eigenvalue weighted by molar-refractivity contribution is 0.102. The van der Waals surface area contributed by atoms with E-state index >= 15 is 0 Å². The van der Waals surface area contributed by atoms with E-state index in [2.05, 4.69) is 11.4 Å². The Morgan fingerprint density at radius 2 is 2.14 bits per heavy atom. The molecule has 2 aromatic rings. The summed E-state index contributed by atoms with van der Waals surface area (Å²) < 4.78 is 0. The van der Waals surface area contributed by atoms with E-state index in [0.29, 0.717) is 21.2 Å². The van der Waals surface area contributed by atoms with Crippen molar-refractivity contribution in [2.45, 2.75) is 32.6 Å². The number of rotatable bonds is 2. The number of thiophene rings is 1. The molecule has 3 rings (SSSR count). The van der Waals surface area contributed by atoms with Crippen LogP contribution in [0.2, 0.25) is 5.02 Å². The molecule has 1 aliphatic rings. The Kier molecular flexibility index (Phi) is 4.19. The van der Waals surface area contributed by atoms with Gasteiger partial charge in [0.25, 0.3) is 5.91 Å². The van der Waals surface area contributed by atoms with Gasteiger partial charge < -0.3 is 5.32 Å². The Morgan fingerprint density at radius 1 is 1.36 bits per heavy atom. The van der Waals surface area contributed by atoms with Crippen LogP contribution in [0.15, 0.2) is 18.2 Å². The number of carbonyl (C=O) groups is 1. The van der Waals surface area contributed by atoms with Crippen molar-refractivity contribution in [2.75, 3.05) is 5.32 Å². The normalized spacial score (nSPS) is 13.3. The topological polar surface area (TPSA) is 52.9 Å². The van der Waals surface area contributed by atoms with Crippen molar-refractivity contribution in [2.24, 2.45) is 0 Å². The Morgan fingerprint density at radius 3 is 2.86 bits per heavy atom. The van der Waals surface area contributed by atoms with E-state index in [-0.39, 0.29) is 5.91 Å². The average Bonchev–Trinajstić information content (AvgIpc) is 2.83. The Balaban J connectivity index is 1.91. The second-order valence-electron chi connectivity index (χ2n) is 5.46. The van der Waals surface area contributed by atoms with Crippen molar-refractivity contribution in [3.8, 4) is 6.07 Å². The first kappa shape index (κ1) is 15.1. The largest absolute Gasteiger partial charge is 0.312 e. The summed E-state index contributed by atoms with van der Waals surface area (Å²) in [6.07, 6.45) is 4.18. The highest BCUT2D eigenvalue weighted by Gasteiger charge is 2.22. The predicted octanol–water partition coefficient (Wildman–Crippen LogP) is 4.71. The van der Waals surface area contributed by atoms with Crippen molar-refractivity contribution in [1.29, 1.82) is 5.26 Å². The Bertz CT molecular complexity index is 789. The molecular weight excluding hydrogens is 316 g/mol. The number of halogens is 1. The molecule has 0 bridgehead atoms. The smallest absolute Gasteiger partial charge is 0.257 e. The molecular formula is C17H15ClN2OS. The minimum absolute atomic E-state index is 0.264. The van der Waals surface area contributed by atoms with Crippen molar-refractivity contribution >= 4 is 33.8 Å². The molecule has 5 heteroatoms. The molecule has 3 nitrogen and oxygen atoms in total. The summed E-state index contributed by atoms with van der Waals surface area (Å²) in [5.41, 5.74) is 3.17. The number of anilines is 1. The van der Waals surface area contributed by atoms with Crippen molar-refractivity contribution in [3.63, 3.8) is 0 Å². The first-order valence-corrected chi connectivity index (χ1v) is 8.41. The maximum Gasteiger partial charge on any atom is 0.257 e. The van der Waals surface area contributed by atoms with Gasteiger partial charge in [-0.25, -0.2) is 0 Å². The number of hydrogen-bond donors (Lipinski definition) is 1. The lowest BCUT2D eigenvalue weighted by atomic mass is 9.96. The van der Waals surface area contributed by atoms with Crippen LogP contribution in [-0.2, 0) is 12.8 Å². The molecule has 1 amide bonds. The molecule has 1 aliphatic carbocycles. The van der Waals surface area contributed by atoms with Gasteiger partial charge in [-0.15, -0.1) is 11.3 Å². The van der Waals surface area contributed by atoms with Gasteiger partial charge in [-0.2, -0.15) is 5.26 Å². The van der Waals surface area contributed by atoms with Gasteiger partial charge in [0.05, 0.1) is 16.1 Å². The molecule has 1 heterocycles. The van der Waals surface area contributed by atoms with Gasteiger partial charge in [0, 0.05) is 4.88 Å². The molecule has 0 saturated heterocycles. The van der Waals surface area contributed by atoms with E-state index in [4.69, 9.17) is 11.6 Å². The summed E-state index contributed by atoms with van der Waals surface area (Å²) in [7, 11) is 0. The third-order valence-corrected chi connectivity index (χ3v) is 5.40. The van der Waals surface area contributed by atoms with Crippen LogP contribution in [0.1, 0.15) is 44.8 Å². The summed E-state index contributed by atoms with van der Waals surface area (Å²) in [4.78, 5) is 13.7. The fourth-order valence-corrected chi connectivity index (χ4v) is 4.30. The standard InChI is InChI=1S/C17H15ClN2OS/c1-10-6-7-12(14(18)8-10)16(21)20-17-13(9-19)11-4-2-3-5-15(11)22-17/h6-8H,2-5H2,1H3,(H,20,21). The maximum absolute atomic E-state index is 12.4. The highest BCUT2D eigenvalue weighted by atomic mass is 35.5. The van der Waals surface area contributed by atoms with Crippen molar-refractivity contribution in [1.82, 2.24) is 0 Å². The fraction of sp³-hybridized carbons (Fsp3) is 0.294. The number of aryl methyl sites for hydroxylation is 2. The van der Waals surface area contributed by atoms with Crippen LogP contribution in [0.5, 0.6) is 0 Å². The molecule has 1 N–H and O–H groups in total. The summed E-state index contributed by atoms with van der Waals surface area (Å²) >= 11 is 7.66. The van der Waals surface area contributed by atoms with Gasteiger partial charge >= 0.3 is 0 Å². The van der Waals surface area contributed by atoms with Gasteiger partial charge in [-0.1, -0.05) is 17.7 Å². The summed E-state index contributed by atoms with van der Waals surface area (Å²) in [5, 5.41) is 13.4. The van der Waals surface area contributed by atoms with E-state index < -0.39 is 0 Å². The molecule has 112 valence electrons. The molecule has 0 aliphatic heterocycles. The van der Waals surface area contributed by atoms with Gasteiger partial charge in [0.15, 0.2) is 0 Å². The van der Waals surface area contributed by atoms with E-state index in [0.717, 1.165) is 36.8 Å². The minimum atomic E-state index is -0.264. The molecule has 0 spiro atoms. The molecule has 22 heavy (non-hydrogen) atoms. The first-order valence-electron chi connectivity index (χ1n) is 7.22. The number of fused-ring (bicyclic) bond motifs is 1. The predicted molar refractivity (Wildman–Crippen MR) is 89.8 cm³/mol. The highest BCUT2D eigenvalue weighted by Crippen LogP contribution is 2.38. The minimum Gasteiger partial charge on any atom is -0.312 e. The molecule has 0 atom stereocenters. The first-order chi connectivity index (χ1) is 10.6. The monoisotopic (exact) mass is 330 g/mol. The SMILES string of the molecule is Cc1ccc(C(=O)Nc2sc3c(c2C#N)CCCC3)c(Cl)c1. The second-order valence-corrected chi connectivity index (χ2v) is 6.98. The zero-order chi connectivity index (χ0) is 15.7. The van der Waals surface area contributed by atoms with Crippen molar-refractivity contribution < 1.29 is 4.79 Å². The van der Waals surface area contributed by atoms with Crippen LogP contribution in [0.3, 0.4) is 0 Å². The molecule has 0 unspecified atom stereocenters. The van der Waals surface area contributed by atoms with Crippen LogP contribution in [-0.4, -0.2) is 5.91 Å². The Hall–Kier alpha value is -1.83. The van der Waals surface area contributed by atoms with Crippen LogP contribution >= 0.6 is 22.9 Å². The zero-order valence-corrected chi connectivity index (χ0v) is 13.8. The third kappa shape index (κ3) is 2.75. The number of hydrogen-bond acceptors (Lipinski definition) is 3. The lowest BCUT2D eigenvalue weighted by Crippen LogP contribution is -2.12. The average molecular weight is 331 g/mol. The second kappa shape index (κ2) is 6.12. The molecule has 0 saturated carbocycles. The summed E-state index contributed by atoms with van der Waals surface area (Å²) in [5.74, 6) is -0.264. The van der Waals surface area contributed by atoms with E-state index in [1.54, 1.807) is 12.1 Å². The number of amides is 1. The van der Waals surface area contributed by atoms with Crippen LogP contribution in [0.25, 0.3) is 0 Å². The van der Waals surface area contributed by atoms with Gasteiger partial charge in [-0.3, -0.25) is 4.79 Å². The van der Waals surface area contributed by atoms with E-state index in [9.17, 15) is 10.1 Å². The van der Waals surface area contributed by atoms with Gasteiger partial charge in [-0.05, 0) is 55.9 Å². The number of nitriles is 1. The van der Waals surface area contributed by atoms with Crippen LogP contribution in [0, 0.1) is 18.3 Å². The zero-order valence-electron chi connectivity index (χ0n) is 12.2. The molecule has 1 aromatic carbocycles. The molecule has 0 fully saturated rings. The van der Waals surface area contributed by atoms with Gasteiger partial charge in [0.1, 0.15) is 11.1 Å².